The van der Waals surface area contributed by atoms with Gasteiger partial charge >= 0.3 is 0 Å². The number of halogens is 1. The van der Waals surface area contributed by atoms with Crippen LogP contribution in [0.2, 0.25) is 0 Å². The van der Waals surface area contributed by atoms with Crippen molar-refractivity contribution in [1.29, 1.82) is 0 Å². The third-order valence-electron chi connectivity index (χ3n) is 3.61. The highest BCUT2D eigenvalue weighted by molar-refractivity contribution is 9.10. The first kappa shape index (κ1) is 20.1. The lowest BCUT2D eigenvalue weighted by Crippen LogP contribution is -2.49. The Kier molecular flexibility index (Phi) is 7.18. The molecule has 1 amide bonds. The molecule has 25 heavy (non-hydrogen) atoms. The van der Waals surface area contributed by atoms with E-state index in [0.717, 1.165) is 10.9 Å². The Morgan fingerprint density at radius 3 is 2.44 bits per heavy atom. The average molecular weight is 445 g/mol. The van der Waals surface area contributed by atoms with E-state index in [2.05, 4.69) is 26.0 Å². The SMILES string of the molecule is CC(C)[C@H](NS(=O)(=O)c1ccc(Br)cc1)C(=O)NCCc1cccs1. The number of amides is 1. The quantitative estimate of drug-likeness (QED) is 0.656. The Morgan fingerprint density at radius 2 is 1.88 bits per heavy atom. The maximum absolute atomic E-state index is 12.5. The normalized spacial score (nSPS) is 13.0. The van der Waals surface area contributed by atoms with Crippen LogP contribution in [0.25, 0.3) is 0 Å². The van der Waals surface area contributed by atoms with Crippen LogP contribution in [0, 0.1) is 5.92 Å². The third kappa shape index (κ3) is 5.91. The molecule has 1 heterocycles. The number of hydrogen-bond acceptors (Lipinski definition) is 4. The molecular formula is C17H21BrN2O3S2. The number of thiophene rings is 1. The van der Waals surface area contributed by atoms with E-state index < -0.39 is 16.1 Å². The molecule has 0 radical (unpaired) electrons. The first-order chi connectivity index (χ1) is 11.8. The zero-order valence-corrected chi connectivity index (χ0v) is 17.2. The van der Waals surface area contributed by atoms with E-state index in [9.17, 15) is 13.2 Å². The van der Waals surface area contributed by atoms with E-state index in [4.69, 9.17) is 0 Å². The van der Waals surface area contributed by atoms with Crippen molar-refractivity contribution < 1.29 is 13.2 Å². The number of carbonyl (C=O) groups excluding carboxylic acids is 1. The minimum atomic E-state index is -3.76. The molecule has 0 aliphatic rings. The second kappa shape index (κ2) is 8.93. The molecule has 0 aliphatic heterocycles. The number of hydrogen-bond donors (Lipinski definition) is 2. The van der Waals surface area contributed by atoms with Crippen molar-refractivity contribution in [2.75, 3.05) is 6.54 Å². The summed E-state index contributed by atoms with van der Waals surface area (Å²) >= 11 is 4.91. The molecule has 5 nitrogen and oxygen atoms in total. The van der Waals surface area contributed by atoms with Gasteiger partial charge < -0.3 is 5.32 Å². The largest absolute Gasteiger partial charge is 0.354 e. The highest BCUT2D eigenvalue weighted by Gasteiger charge is 2.28. The topological polar surface area (TPSA) is 75.3 Å². The number of sulfonamides is 1. The van der Waals surface area contributed by atoms with E-state index >= 15 is 0 Å². The first-order valence-corrected chi connectivity index (χ1v) is 11.0. The Labute approximate surface area is 161 Å². The molecule has 1 aromatic carbocycles. The Balaban J connectivity index is 2.01. The summed E-state index contributed by atoms with van der Waals surface area (Å²) in [7, 11) is -3.76. The summed E-state index contributed by atoms with van der Waals surface area (Å²) < 4.78 is 28.3. The summed E-state index contributed by atoms with van der Waals surface area (Å²) in [6.07, 6.45) is 0.730. The average Bonchev–Trinajstić information content (AvgIpc) is 3.06. The lowest BCUT2D eigenvalue weighted by molar-refractivity contribution is -0.123. The molecule has 1 atom stereocenters. The predicted molar refractivity (Wildman–Crippen MR) is 104 cm³/mol. The molecule has 0 saturated heterocycles. The summed E-state index contributed by atoms with van der Waals surface area (Å²) in [6.45, 7) is 4.10. The Morgan fingerprint density at radius 1 is 1.20 bits per heavy atom. The minimum Gasteiger partial charge on any atom is -0.354 e. The van der Waals surface area contributed by atoms with Crippen molar-refractivity contribution >= 4 is 43.2 Å². The lowest BCUT2D eigenvalue weighted by atomic mass is 10.1. The molecule has 2 N–H and O–H groups in total. The standard InChI is InChI=1S/C17H21BrN2O3S2/c1-12(2)16(17(21)19-10-9-14-4-3-11-24-14)20-25(22,23)15-7-5-13(18)6-8-15/h3-8,11-12,16,20H,9-10H2,1-2H3,(H,19,21)/t16-/m0/s1. The van der Waals surface area contributed by atoms with Gasteiger partial charge in [-0.15, -0.1) is 11.3 Å². The van der Waals surface area contributed by atoms with Crippen molar-refractivity contribution in [3.8, 4) is 0 Å². The van der Waals surface area contributed by atoms with Gasteiger partial charge in [0.25, 0.3) is 0 Å². The number of nitrogens with one attached hydrogen (secondary N) is 2. The molecule has 8 heteroatoms. The van der Waals surface area contributed by atoms with Crippen molar-refractivity contribution in [1.82, 2.24) is 10.0 Å². The second-order valence-electron chi connectivity index (χ2n) is 5.92. The van der Waals surface area contributed by atoms with Crippen LogP contribution in [-0.2, 0) is 21.2 Å². The van der Waals surface area contributed by atoms with E-state index in [1.165, 1.54) is 17.0 Å². The summed E-state index contributed by atoms with van der Waals surface area (Å²) in [6, 6.07) is 9.45. The van der Waals surface area contributed by atoms with Crippen LogP contribution in [0.4, 0.5) is 0 Å². The van der Waals surface area contributed by atoms with Gasteiger partial charge in [0.15, 0.2) is 0 Å². The molecule has 0 spiro atoms. The van der Waals surface area contributed by atoms with Gasteiger partial charge in [0.1, 0.15) is 6.04 Å². The number of benzene rings is 1. The molecule has 0 bridgehead atoms. The molecule has 0 saturated carbocycles. The first-order valence-electron chi connectivity index (χ1n) is 7.87. The van der Waals surface area contributed by atoms with Gasteiger partial charge in [-0.1, -0.05) is 35.8 Å². The maximum atomic E-state index is 12.5. The monoisotopic (exact) mass is 444 g/mol. The fraction of sp³-hybridized carbons (Fsp3) is 0.353. The number of carbonyl (C=O) groups is 1. The summed E-state index contributed by atoms with van der Waals surface area (Å²) in [5.74, 6) is -0.487. The summed E-state index contributed by atoms with van der Waals surface area (Å²) in [5.41, 5.74) is 0. The smallest absolute Gasteiger partial charge is 0.241 e. The summed E-state index contributed by atoms with van der Waals surface area (Å²) in [5, 5.41) is 4.81. The summed E-state index contributed by atoms with van der Waals surface area (Å²) in [4.78, 5) is 13.7. The van der Waals surface area contributed by atoms with Gasteiger partial charge in [-0.05, 0) is 48.1 Å². The van der Waals surface area contributed by atoms with Gasteiger partial charge in [0.2, 0.25) is 15.9 Å². The van der Waals surface area contributed by atoms with Crippen molar-refractivity contribution in [3.05, 3.63) is 51.1 Å². The lowest BCUT2D eigenvalue weighted by Gasteiger charge is -2.21. The van der Waals surface area contributed by atoms with E-state index in [1.54, 1.807) is 23.5 Å². The fourth-order valence-corrected chi connectivity index (χ4v) is 4.53. The zero-order chi connectivity index (χ0) is 18.4. The predicted octanol–water partition coefficient (Wildman–Crippen LogP) is 3.17. The third-order valence-corrected chi connectivity index (χ3v) is 6.53. The van der Waals surface area contributed by atoms with Crippen LogP contribution >= 0.6 is 27.3 Å². The van der Waals surface area contributed by atoms with Crippen molar-refractivity contribution in [2.24, 2.45) is 5.92 Å². The maximum Gasteiger partial charge on any atom is 0.241 e. The Bertz CT molecular complexity index is 788. The van der Waals surface area contributed by atoms with Gasteiger partial charge in [-0.3, -0.25) is 4.79 Å². The fourth-order valence-electron chi connectivity index (χ4n) is 2.21. The van der Waals surface area contributed by atoms with Gasteiger partial charge in [-0.2, -0.15) is 4.72 Å². The molecule has 2 aromatic rings. The molecular weight excluding hydrogens is 424 g/mol. The molecule has 0 unspecified atom stereocenters. The molecule has 0 fully saturated rings. The Hall–Kier alpha value is -1.22. The minimum absolute atomic E-state index is 0.132. The van der Waals surface area contributed by atoms with Crippen LogP contribution in [0.5, 0.6) is 0 Å². The highest BCUT2D eigenvalue weighted by atomic mass is 79.9. The van der Waals surface area contributed by atoms with Crippen LogP contribution < -0.4 is 10.0 Å². The van der Waals surface area contributed by atoms with Crippen LogP contribution in [-0.4, -0.2) is 26.9 Å². The van der Waals surface area contributed by atoms with E-state index in [0.29, 0.717) is 6.54 Å². The van der Waals surface area contributed by atoms with Crippen LogP contribution in [0.3, 0.4) is 0 Å². The van der Waals surface area contributed by atoms with Gasteiger partial charge in [0.05, 0.1) is 4.90 Å². The van der Waals surface area contributed by atoms with Crippen LogP contribution in [0.1, 0.15) is 18.7 Å². The second-order valence-corrected chi connectivity index (χ2v) is 9.58. The van der Waals surface area contributed by atoms with Gasteiger partial charge in [-0.25, -0.2) is 8.42 Å². The zero-order valence-electron chi connectivity index (χ0n) is 14.0. The molecule has 1 aromatic heterocycles. The van der Waals surface area contributed by atoms with Gasteiger partial charge in [0, 0.05) is 15.9 Å². The van der Waals surface area contributed by atoms with Crippen molar-refractivity contribution in [3.63, 3.8) is 0 Å². The molecule has 136 valence electrons. The number of rotatable bonds is 8. The highest BCUT2D eigenvalue weighted by Crippen LogP contribution is 2.16. The van der Waals surface area contributed by atoms with Crippen LogP contribution in [0.15, 0.2) is 51.1 Å². The van der Waals surface area contributed by atoms with Crippen molar-refractivity contribution in [2.45, 2.75) is 31.2 Å². The van der Waals surface area contributed by atoms with E-state index in [1.807, 2.05) is 31.4 Å². The molecule has 2 rings (SSSR count). The molecule has 0 aliphatic carbocycles. The van der Waals surface area contributed by atoms with E-state index in [-0.39, 0.29) is 16.7 Å².